The Morgan fingerprint density at radius 2 is 1.55 bits per heavy atom. The van der Waals surface area contributed by atoms with E-state index in [0.29, 0.717) is 5.69 Å². The van der Waals surface area contributed by atoms with Gasteiger partial charge in [-0.25, -0.2) is 8.42 Å². The van der Waals surface area contributed by atoms with Crippen molar-refractivity contribution in [3.63, 3.8) is 0 Å². The second-order valence-corrected chi connectivity index (χ2v) is 6.93. The summed E-state index contributed by atoms with van der Waals surface area (Å²) in [7, 11) is -3.71. The molecule has 2 aromatic carbocycles. The Balaban J connectivity index is 2.48. The van der Waals surface area contributed by atoms with Gasteiger partial charge in [-0.2, -0.15) is 0 Å². The highest BCUT2D eigenvalue weighted by Crippen LogP contribution is 2.26. The van der Waals surface area contributed by atoms with Crippen LogP contribution >= 0.6 is 0 Å². The van der Waals surface area contributed by atoms with Gasteiger partial charge in [0.15, 0.2) is 0 Å². The summed E-state index contributed by atoms with van der Waals surface area (Å²) in [5.41, 5.74) is 6.04. The Bertz CT molecular complexity index is 754. The topological polar surface area (TPSA) is 80.5 Å². The first kappa shape index (κ1) is 16.0. The van der Waals surface area contributed by atoms with Crippen LogP contribution in [0.1, 0.15) is 24.2 Å². The molecule has 0 radical (unpaired) electrons. The van der Waals surface area contributed by atoms with E-state index >= 15 is 0 Å². The zero-order chi connectivity index (χ0) is 16.3. The van der Waals surface area contributed by atoms with Crippen molar-refractivity contribution in [2.75, 3.05) is 4.31 Å². The van der Waals surface area contributed by atoms with Crippen LogP contribution in [0.5, 0.6) is 0 Å². The average Bonchev–Trinajstić information content (AvgIpc) is 2.48. The molecule has 1 amide bonds. The van der Waals surface area contributed by atoms with Crippen LogP contribution in [0.25, 0.3) is 0 Å². The van der Waals surface area contributed by atoms with Crippen molar-refractivity contribution in [1.82, 2.24) is 0 Å². The molecule has 22 heavy (non-hydrogen) atoms. The van der Waals surface area contributed by atoms with Gasteiger partial charge in [-0.3, -0.25) is 9.10 Å². The van der Waals surface area contributed by atoms with Gasteiger partial charge in [0.1, 0.15) is 0 Å². The van der Waals surface area contributed by atoms with E-state index in [1.54, 1.807) is 24.3 Å². The van der Waals surface area contributed by atoms with Crippen molar-refractivity contribution in [1.29, 1.82) is 0 Å². The van der Waals surface area contributed by atoms with Gasteiger partial charge in [-0.15, -0.1) is 0 Å². The molecule has 0 aliphatic heterocycles. The minimum absolute atomic E-state index is 0.120. The van der Waals surface area contributed by atoms with Gasteiger partial charge in [-0.1, -0.05) is 18.2 Å². The monoisotopic (exact) mass is 318 g/mol. The molecule has 0 heterocycles. The molecule has 5 nitrogen and oxygen atoms in total. The summed E-state index contributed by atoms with van der Waals surface area (Å²) in [4.78, 5) is 11.2. The zero-order valence-corrected chi connectivity index (χ0v) is 13.2. The molecular formula is C16H18N2O3S. The van der Waals surface area contributed by atoms with Crippen molar-refractivity contribution < 1.29 is 13.2 Å². The fourth-order valence-corrected chi connectivity index (χ4v) is 3.86. The number of nitrogens with zero attached hydrogens (tertiary/aromatic N) is 1. The zero-order valence-electron chi connectivity index (χ0n) is 12.4. The molecule has 0 saturated heterocycles. The van der Waals surface area contributed by atoms with Crippen molar-refractivity contribution in [2.24, 2.45) is 5.73 Å². The fourth-order valence-electron chi connectivity index (χ4n) is 2.19. The molecule has 116 valence electrons. The lowest BCUT2D eigenvalue weighted by atomic mass is 10.2. The first-order valence-corrected chi connectivity index (χ1v) is 8.27. The molecule has 0 atom stereocenters. The Kier molecular flexibility index (Phi) is 4.51. The summed E-state index contributed by atoms with van der Waals surface area (Å²) in [6, 6.07) is 14.3. The molecule has 0 spiro atoms. The second-order valence-electron chi connectivity index (χ2n) is 5.12. The molecule has 2 rings (SSSR count). The number of para-hydroxylation sites is 1. The number of amides is 1. The standard InChI is InChI=1S/C16H18N2O3S/c1-12(2)18(14-6-4-3-5-7-14)22(20,21)15-10-8-13(9-11-15)16(17)19/h3-12H,1-2H3,(H2,17,19). The van der Waals surface area contributed by atoms with E-state index in [1.807, 2.05) is 19.9 Å². The van der Waals surface area contributed by atoms with Crippen molar-refractivity contribution >= 4 is 21.6 Å². The Morgan fingerprint density at radius 3 is 2.00 bits per heavy atom. The normalized spacial score (nSPS) is 11.4. The molecular weight excluding hydrogens is 300 g/mol. The second kappa shape index (κ2) is 6.19. The van der Waals surface area contributed by atoms with Gasteiger partial charge in [0.2, 0.25) is 5.91 Å². The number of hydrogen-bond donors (Lipinski definition) is 1. The number of rotatable bonds is 5. The maximum Gasteiger partial charge on any atom is 0.264 e. The first-order valence-electron chi connectivity index (χ1n) is 6.83. The summed E-state index contributed by atoms with van der Waals surface area (Å²) >= 11 is 0. The first-order chi connectivity index (χ1) is 10.3. The van der Waals surface area contributed by atoms with E-state index in [4.69, 9.17) is 5.73 Å². The molecule has 0 bridgehead atoms. The highest BCUT2D eigenvalue weighted by molar-refractivity contribution is 7.92. The van der Waals surface area contributed by atoms with E-state index in [9.17, 15) is 13.2 Å². The number of sulfonamides is 1. The maximum atomic E-state index is 12.9. The third-order valence-electron chi connectivity index (χ3n) is 3.18. The summed E-state index contributed by atoms with van der Waals surface area (Å²) in [6.07, 6.45) is 0. The molecule has 6 heteroatoms. The summed E-state index contributed by atoms with van der Waals surface area (Å²) in [5.74, 6) is -0.590. The SMILES string of the molecule is CC(C)N(c1ccccc1)S(=O)(=O)c1ccc(C(N)=O)cc1. The lowest BCUT2D eigenvalue weighted by Crippen LogP contribution is -2.37. The van der Waals surface area contributed by atoms with Crippen LogP contribution in [0, 0.1) is 0 Å². The molecule has 0 aliphatic rings. The van der Waals surface area contributed by atoms with Crippen molar-refractivity contribution in [2.45, 2.75) is 24.8 Å². The van der Waals surface area contributed by atoms with Gasteiger partial charge in [-0.05, 0) is 50.2 Å². The molecule has 0 fully saturated rings. The molecule has 0 aliphatic carbocycles. The van der Waals surface area contributed by atoms with Crippen LogP contribution in [0.15, 0.2) is 59.5 Å². The Morgan fingerprint density at radius 1 is 1.00 bits per heavy atom. The van der Waals surface area contributed by atoms with E-state index in [0.717, 1.165) is 0 Å². The molecule has 2 aromatic rings. The van der Waals surface area contributed by atoms with Crippen LogP contribution in [-0.4, -0.2) is 20.4 Å². The van der Waals surface area contributed by atoms with Crippen LogP contribution in [-0.2, 0) is 10.0 Å². The smallest absolute Gasteiger partial charge is 0.264 e. The largest absolute Gasteiger partial charge is 0.366 e. The van der Waals surface area contributed by atoms with E-state index in [1.165, 1.54) is 28.6 Å². The minimum Gasteiger partial charge on any atom is -0.366 e. The summed E-state index contributed by atoms with van der Waals surface area (Å²) in [5, 5.41) is 0. The van der Waals surface area contributed by atoms with Crippen LogP contribution < -0.4 is 10.0 Å². The number of nitrogens with two attached hydrogens (primary N) is 1. The minimum atomic E-state index is -3.71. The lowest BCUT2D eigenvalue weighted by Gasteiger charge is -2.28. The third-order valence-corrected chi connectivity index (χ3v) is 5.19. The van der Waals surface area contributed by atoms with Crippen LogP contribution in [0.4, 0.5) is 5.69 Å². The third kappa shape index (κ3) is 3.12. The maximum absolute atomic E-state index is 12.9. The summed E-state index contributed by atoms with van der Waals surface area (Å²) in [6.45, 7) is 3.62. The van der Waals surface area contributed by atoms with Gasteiger partial charge in [0, 0.05) is 11.6 Å². The lowest BCUT2D eigenvalue weighted by molar-refractivity contribution is 0.1000. The highest BCUT2D eigenvalue weighted by Gasteiger charge is 2.27. The van der Waals surface area contributed by atoms with Crippen molar-refractivity contribution in [3.8, 4) is 0 Å². The van der Waals surface area contributed by atoms with Gasteiger partial charge in [0.05, 0.1) is 10.6 Å². The number of carbonyl (C=O) groups is 1. The van der Waals surface area contributed by atoms with Crippen LogP contribution in [0.2, 0.25) is 0 Å². The number of anilines is 1. The van der Waals surface area contributed by atoms with E-state index < -0.39 is 15.9 Å². The molecule has 0 unspecified atom stereocenters. The molecule has 0 aromatic heterocycles. The predicted molar refractivity (Wildman–Crippen MR) is 86.2 cm³/mol. The number of benzene rings is 2. The van der Waals surface area contributed by atoms with Crippen molar-refractivity contribution in [3.05, 3.63) is 60.2 Å². The van der Waals surface area contributed by atoms with Gasteiger partial charge >= 0.3 is 0 Å². The van der Waals surface area contributed by atoms with Crippen LogP contribution in [0.3, 0.4) is 0 Å². The fraction of sp³-hybridized carbons (Fsp3) is 0.188. The molecule has 0 saturated carbocycles. The Hall–Kier alpha value is -2.34. The van der Waals surface area contributed by atoms with E-state index in [-0.39, 0.29) is 16.5 Å². The van der Waals surface area contributed by atoms with E-state index in [2.05, 4.69) is 0 Å². The average molecular weight is 318 g/mol. The van der Waals surface area contributed by atoms with Gasteiger partial charge in [0.25, 0.3) is 10.0 Å². The molecule has 2 N–H and O–H groups in total. The number of primary amides is 1. The predicted octanol–water partition coefficient (Wildman–Crippen LogP) is 2.39. The quantitative estimate of drug-likeness (QED) is 0.919. The Labute approximate surface area is 130 Å². The number of carbonyl (C=O) groups excluding carboxylic acids is 1. The summed E-state index contributed by atoms with van der Waals surface area (Å²) < 4.78 is 27.1. The van der Waals surface area contributed by atoms with Gasteiger partial charge < -0.3 is 5.73 Å². The highest BCUT2D eigenvalue weighted by atomic mass is 32.2. The number of hydrogen-bond acceptors (Lipinski definition) is 3.